The van der Waals surface area contributed by atoms with E-state index in [4.69, 9.17) is 11.6 Å². The van der Waals surface area contributed by atoms with Gasteiger partial charge >= 0.3 is 6.18 Å². The summed E-state index contributed by atoms with van der Waals surface area (Å²) in [5.41, 5.74) is -0.201. The third-order valence-corrected chi connectivity index (χ3v) is 6.66. The van der Waals surface area contributed by atoms with Crippen LogP contribution in [0.15, 0.2) is 41.4 Å². The van der Waals surface area contributed by atoms with Crippen LogP contribution in [0.25, 0.3) is 0 Å². The molecule has 1 saturated heterocycles. The number of benzene rings is 1. The van der Waals surface area contributed by atoms with Crippen molar-refractivity contribution in [3.63, 3.8) is 0 Å². The maximum Gasteiger partial charge on any atom is 0.417 e. The number of halogens is 4. The van der Waals surface area contributed by atoms with Crippen molar-refractivity contribution in [2.45, 2.75) is 28.8 Å². The molecule has 0 unspecified atom stereocenters. The average molecular weight is 457 g/mol. The van der Waals surface area contributed by atoms with Gasteiger partial charge in [0.2, 0.25) is 5.91 Å². The zero-order chi connectivity index (χ0) is 21.5. The highest BCUT2D eigenvalue weighted by Gasteiger charge is 2.57. The van der Waals surface area contributed by atoms with E-state index in [1.54, 1.807) is 4.90 Å². The van der Waals surface area contributed by atoms with Crippen molar-refractivity contribution in [3.8, 4) is 0 Å². The van der Waals surface area contributed by atoms with Crippen molar-refractivity contribution < 1.29 is 22.8 Å². The summed E-state index contributed by atoms with van der Waals surface area (Å²) in [7, 11) is 0. The van der Waals surface area contributed by atoms with E-state index in [1.165, 1.54) is 11.8 Å². The molecule has 0 aliphatic carbocycles. The summed E-state index contributed by atoms with van der Waals surface area (Å²) in [5.74, 6) is -0.290. The highest BCUT2D eigenvalue weighted by molar-refractivity contribution is 8.02. The number of hydrogen-bond donors (Lipinski definition) is 2. The Morgan fingerprint density at radius 2 is 2.07 bits per heavy atom. The van der Waals surface area contributed by atoms with Gasteiger partial charge in [-0.15, -0.1) is 0 Å². The van der Waals surface area contributed by atoms with Crippen LogP contribution in [0.5, 0.6) is 0 Å². The first kappa shape index (κ1) is 20.8. The molecule has 2 aromatic rings. The molecule has 0 saturated carbocycles. The number of hydrogen-bond acceptors (Lipinski definition) is 5. The number of aromatic nitrogens is 1. The monoisotopic (exact) mass is 456 g/mol. The first-order valence-electron chi connectivity index (χ1n) is 9.08. The number of carbonyl (C=O) groups excluding carboxylic acids is 2. The third-order valence-electron chi connectivity index (χ3n) is 4.90. The van der Waals surface area contributed by atoms with Gasteiger partial charge in [-0.25, -0.2) is 4.98 Å². The van der Waals surface area contributed by atoms with Crippen molar-refractivity contribution in [3.05, 3.63) is 47.1 Å². The van der Waals surface area contributed by atoms with Crippen molar-refractivity contribution in [1.29, 1.82) is 0 Å². The minimum atomic E-state index is -4.52. The summed E-state index contributed by atoms with van der Waals surface area (Å²) in [5, 5.41) is 5.45. The van der Waals surface area contributed by atoms with E-state index in [0.717, 1.165) is 16.6 Å². The zero-order valence-corrected chi connectivity index (χ0v) is 17.0. The lowest BCUT2D eigenvalue weighted by Gasteiger charge is -2.29. The summed E-state index contributed by atoms with van der Waals surface area (Å²) in [6.45, 7) is 0.379. The highest BCUT2D eigenvalue weighted by Crippen LogP contribution is 2.55. The molecule has 1 fully saturated rings. The van der Waals surface area contributed by atoms with Gasteiger partial charge in [-0.05, 0) is 24.6 Å². The Hall–Kier alpha value is -2.46. The second-order valence-electron chi connectivity index (χ2n) is 6.82. The molecule has 4 rings (SSSR count). The molecule has 1 aromatic carbocycles. The molecule has 0 radical (unpaired) electrons. The van der Waals surface area contributed by atoms with E-state index in [2.05, 4.69) is 15.6 Å². The summed E-state index contributed by atoms with van der Waals surface area (Å²) >= 11 is 7.22. The van der Waals surface area contributed by atoms with Crippen LogP contribution in [0.1, 0.15) is 18.4 Å². The van der Waals surface area contributed by atoms with Crippen LogP contribution in [0, 0.1) is 0 Å². The number of thioether (sulfide) groups is 1. The van der Waals surface area contributed by atoms with Crippen LogP contribution in [-0.2, 0) is 15.8 Å². The molecule has 6 nitrogen and oxygen atoms in total. The van der Waals surface area contributed by atoms with Gasteiger partial charge in [-0.1, -0.05) is 35.5 Å². The van der Waals surface area contributed by atoms with Crippen LogP contribution in [-0.4, -0.2) is 34.8 Å². The number of nitrogens with zero attached hydrogens (tertiary/aromatic N) is 2. The predicted molar refractivity (Wildman–Crippen MR) is 107 cm³/mol. The van der Waals surface area contributed by atoms with Crippen molar-refractivity contribution in [1.82, 2.24) is 10.3 Å². The van der Waals surface area contributed by atoms with Gasteiger partial charge in [0, 0.05) is 30.6 Å². The van der Waals surface area contributed by atoms with Gasteiger partial charge in [0.1, 0.15) is 5.82 Å². The molecule has 3 heterocycles. The van der Waals surface area contributed by atoms with Crippen LogP contribution in [0.3, 0.4) is 0 Å². The number of rotatable bonds is 5. The van der Waals surface area contributed by atoms with E-state index in [1.807, 2.05) is 24.3 Å². The quantitative estimate of drug-likeness (QED) is 0.667. The molecule has 0 spiro atoms. The van der Waals surface area contributed by atoms with Crippen LogP contribution in [0.2, 0.25) is 5.02 Å². The number of alkyl halides is 3. The molecular weight excluding hydrogens is 441 g/mol. The van der Waals surface area contributed by atoms with E-state index in [9.17, 15) is 22.8 Å². The Bertz CT molecular complexity index is 1020. The lowest BCUT2D eigenvalue weighted by atomic mass is 10.2. The fourth-order valence-electron chi connectivity index (χ4n) is 3.52. The molecule has 11 heteroatoms. The minimum absolute atomic E-state index is 0.0948. The number of pyridine rings is 1. The zero-order valence-electron chi connectivity index (χ0n) is 15.4. The third kappa shape index (κ3) is 3.58. The smallest absolute Gasteiger partial charge is 0.367 e. The molecule has 1 aromatic heterocycles. The maximum absolute atomic E-state index is 13.0. The number of anilines is 2. The molecule has 2 amide bonds. The van der Waals surface area contributed by atoms with E-state index < -0.39 is 16.6 Å². The molecule has 158 valence electrons. The molecular formula is C19H16ClF3N4O2S. The van der Waals surface area contributed by atoms with Gasteiger partial charge in [-0.2, -0.15) is 13.2 Å². The van der Waals surface area contributed by atoms with E-state index in [0.29, 0.717) is 12.6 Å². The van der Waals surface area contributed by atoms with Crippen molar-refractivity contribution in [2.75, 3.05) is 23.3 Å². The van der Waals surface area contributed by atoms with Crippen LogP contribution >= 0.6 is 23.4 Å². The summed E-state index contributed by atoms with van der Waals surface area (Å²) in [4.78, 5) is 30.5. The van der Waals surface area contributed by atoms with E-state index >= 15 is 0 Å². The Labute approximate surface area is 179 Å². The van der Waals surface area contributed by atoms with Gasteiger partial charge in [0.05, 0.1) is 16.3 Å². The molecule has 2 aliphatic rings. The largest absolute Gasteiger partial charge is 0.417 e. The topological polar surface area (TPSA) is 74.3 Å². The lowest BCUT2D eigenvalue weighted by molar-refractivity contribution is -0.137. The summed E-state index contributed by atoms with van der Waals surface area (Å²) in [6.07, 6.45) is -3.14. The number of amides is 2. The SMILES string of the molecule is O=C1CC[C@]2(C(=O)NCCNc3ncc(C(F)(F)F)cc3Cl)Sc3ccccc3N12. The normalized spacial score (nSPS) is 20.1. The van der Waals surface area contributed by atoms with Crippen molar-refractivity contribution >= 4 is 46.7 Å². The van der Waals surface area contributed by atoms with Gasteiger partial charge < -0.3 is 10.6 Å². The van der Waals surface area contributed by atoms with Gasteiger partial charge in [-0.3, -0.25) is 14.5 Å². The number of nitrogens with one attached hydrogen (secondary N) is 2. The van der Waals surface area contributed by atoms with Crippen molar-refractivity contribution in [2.24, 2.45) is 0 Å². The number of para-hydroxylation sites is 1. The van der Waals surface area contributed by atoms with Crippen LogP contribution in [0.4, 0.5) is 24.7 Å². The molecule has 0 bridgehead atoms. The number of carbonyl (C=O) groups is 2. The Morgan fingerprint density at radius 1 is 1.30 bits per heavy atom. The lowest BCUT2D eigenvalue weighted by Crippen LogP contribution is -2.53. The second-order valence-corrected chi connectivity index (χ2v) is 8.54. The Morgan fingerprint density at radius 3 is 2.80 bits per heavy atom. The minimum Gasteiger partial charge on any atom is -0.367 e. The highest BCUT2D eigenvalue weighted by atomic mass is 35.5. The van der Waals surface area contributed by atoms with E-state index in [-0.39, 0.29) is 42.2 Å². The number of fused-ring (bicyclic) bond motifs is 3. The molecule has 2 N–H and O–H groups in total. The summed E-state index contributed by atoms with van der Waals surface area (Å²) < 4.78 is 38.0. The predicted octanol–water partition coefficient (Wildman–Crippen LogP) is 3.91. The van der Waals surface area contributed by atoms with Crippen LogP contribution < -0.4 is 15.5 Å². The molecule has 1 atom stereocenters. The maximum atomic E-state index is 13.0. The molecule has 30 heavy (non-hydrogen) atoms. The van der Waals surface area contributed by atoms with Gasteiger partial charge in [0.25, 0.3) is 5.91 Å². The standard InChI is InChI=1S/C19H16ClF3N4O2S/c20-12-9-11(19(21,22)23)10-26-16(12)24-7-8-25-17(29)18-6-5-15(28)27(18)13-3-1-2-4-14(13)30-18/h1-4,9-10H,5-8H2,(H,24,26)(H,25,29)/t18-/m1/s1. The molecule has 2 aliphatic heterocycles. The average Bonchev–Trinajstić information content (AvgIpc) is 3.21. The Kier molecular flexibility index (Phi) is 5.31. The fraction of sp³-hybridized carbons (Fsp3) is 0.316. The Balaban J connectivity index is 1.37. The second kappa shape index (κ2) is 7.66. The first-order chi connectivity index (χ1) is 14.2. The summed E-state index contributed by atoms with van der Waals surface area (Å²) in [6, 6.07) is 8.17. The first-order valence-corrected chi connectivity index (χ1v) is 10.3. The fourth-order valence-corrected chi connectivity index (χ4v) is 5.18. The van der Waals surface area contributed by atoms with Gasteiger partial charge in [0.15, 0.2) is 4.87 Å².